The number of aryl methyl sites for hydroxylation is 2. The van der Waals surface area contributed by atoms with E-state index >= 15 is 0 Å². The molecule has 1 amide bonds. The highest BCUT2D eigenvalue weighted by molar-refractivity contribution is 5.99. The van der Waals surface area contributed by atoms with Crippen molar-refractivity contribution in [1.29, 1.82) is 0 Å². The molecule has 0 saturated carbocycles. The zero-order chi connectivity index (χ0) is 19.7. The van der Waals surface area contributed by atoms with Gasteiger partial charge in [0.15, 0.2) is 6.10 Å². The second-order valence-electron chi connectivity index (χ2n) is 7.02. The van der Waals surface area contributed by atoms with E-state index in [1.54, 1.807) is 29.9 Å². The summed E-state index contributed by atoms with van der Waals surface area (Å²) in [5, 5.41) is 7.87. The molecule has 2 heterocycles. The van der Waals surface area contributed by atoms with Crippen molar-refractivity contribution in [2.75, 3.05) is 5.32 Å². The largest absolute Gasteiger partial charge is 0.448 e. The fourth-order valence-electron chi connectivity index (χ4n) is 3.04. The van der Waals surface area contributed by atoms with Crippen LogP contribution in [0.1, 0.15) is 48.4 Å². The maximum Gasteiger partial charge on any atom is 0.355 e. The molecule has 0 bridgehead atoms. The minimum atomic E-state index is -0.942. The molecule has 0 spiro atoms. The molecule has 7 nitrogen and oxygen atoms in total. The Morgan fingerprint density at radius 1 is 1.19 bits per heavy atom. The minimum Gasteiger partial charge on any atom is -0.448 e. The van der Waals surface area contributed by atoms with E-state index in [9.17, 15) is 9.59 Å². The molecule has 7 heteroatoms. The summed E-state index contributed by atoms with van der Waals surface area (Å²) in [6.45, 7) is 9.46. The van der Waals surface area contributed by atoms with Gasteiger partial charge in [0.1, 0.15) is 11.5 Å². The molecule has 27 heavy (non-hydrogen) atoms. The number of benzene rings is 1. The zero-order valence-corrected chi connectivity index (χ0v) is 16.2. The van der Waals surface area contributed by atoms with E-state index in [2.05, 4.69) is 21.5 Å². The number of aromatic nitrogens is 3. The number of aromatic amines is 1. The number of ether oxygens (including phenoxy) is 1. The van der Waals surface area contributed by atoms with Crippen molar-refractivity contribution in [1.82, 2.24) is 14.8 Å². The Kier molecular flexibility index (Phi) is 5.03. The number of nitrogens with zero attached hydrogens (tertiary/aromatic N) is 2. The quantitative estimate of drug-likeness (QED) is 0.671. The van der Waals surface area contributed by atoms with Crippen LogP contribution in [0.2, 0.25) is 0 Å². The first-order chi connectivity index (χ1) is 12.8. The average Bonchev–Trinajstić information content (AvgIpc) is 3.21. The van der Waals surface area contributed by atoms with Gasteiger partial charge in [0, 0.05) is 23.0 Å². The number of H-pyrrole nitrogens is 1. The number of nitrogens with one attached hydrogen (secondary N) is 2. The fraction of sp³-hybridized carbons (Fsp3) is 0.350. The Balaban J connectivity index is 1.71. The lowest BCUT2D eigenvalue weighted by molar-refractivity contribution is -0.123. The van der Waals surface area contributed by atoms with Gasteiger partial charge >= 0.3 is 5.97 Å². The van der Waals surface area contributed by atoms with Gasteiger partial charge in [-0.3, -0.25) is 4.79 Å². The highest BCUT2D eigenvalue weighted by atomic mass is 16.5. The molecule has 1 atom stereocenters. The molecular formula is C20H24N4O3. The summed E-state index contributed by atoms with van der Waals surface area (Å²) in [5.41, 5.74) is 3.38. The number of amides is 1. The summed E-state index contributed by atoms with van der Waals surface area (Å²) in [6, 6.07) is 7.59. The lowest BCUT2D eigenvalue weighted by Gasteiger charge is -2.15. The Bertz CT molecular complexity index is 1000. The SMILES string of the molecule is Cc1cc(C)c2cc(C(=O)OC(C)C(=O)Nc3ccnn3C(C)C)[nH]c2c1. The minimum absolute atomic E-state index is 0.103. The van der Waals surface area contributed by atoms with E-state index < -0.39 is 18.0 Å². The molecule has 3 aromatic rings. The van der Waals surface area contributed by atoms with Crippen molar-refractivity contribution < 1.29 is 14.3 Å². The van der Waals surface area contributed by atoms with E-state index in [1.165, 1.54) is 0 Å². The molecule has 2 aromatic heterocycles. The maximum absolute atomic E-state index is 12.5. The third kappa shape index (κ3) is 3.86. The van der Waals surface area contributed by atoms with Gasteiger partial charge in [-0.05, 0) is 57.9 Å². The predicted octanol–water partition coefficient (Wildman–Crippen LogP) is 3.75. The molecule has 0 aliphatic carbocycles. The molecule has 0 radical (unpaired) electrons. The van der Waals surface area contributed by atoms with Crippen molar-refractivity contribution in [3.8, 4) is 0 Å². The number of fused-ring (bicyclic) bond motifs is 1. The molecule has 0 aliphatic rings. The van der Waals surface area contributed by atoms with Crippen LogP contribution in [0.5, 0.6) is 0 Å². The Hall–Kier alpha value is -3.09. The van der Waals surface area contributed by atoms with Gasteiger partial charge in [-0.25, -0.2) is 9.48 Å². The van der Waals surface area contributed by atoms with Gasteiger partial charge in [0.05, 0.1) is 6.20 Å². The Labute approximate surface area is 157 Å². The van der Waals surface area contributed by atoms with Crippen LogP contribution in [0.4, 0.5) is 5.82 Å². The number of carbonyl (C=O) groups excluding carboxylic acids is 2. The topological polar surface area (TPSA) is 89.0 Å². The maximum atomic E-state index is 12.5. The van der Waals surface area contributed by atoms with Crippen molar-refractivity contribution in [2.24, 2.45) is 0 Å². The number of esters is 1. The molecule has 1 aromatic carbocycles. The first kappa shape index (κ1) is 18.7. The molecule has 3 rings (SSSR count). The van der Waals surface area contributed by atoms with E-state index in [1.807, 2.05) is 33.8 Å². The number of anilines is 1. The van der Waals surface area contributed by atoms with Crippen LogP contribution in [-0.2, 0) is 9.53 Å². The van der Waals surface area contributed by atoms with E-state index in [0.29, 0.717) is 11.5 Å². The molecular weight excluding hydrogens is 344 g/mol. The molecule has 0 aliphatic heterocycles. The molecule has 0 fully saturated rings. The van der Waals surface area contributed by atoms with Crippen molar-refractivity contribution in [3.05, 3.63) is 47.3 Å². The van der Waals surface area contributed by atoms with Crippen LogP contribution in [-0.4, -0.2) is 32.7 Å². The van der Waals surface area contributed by atoms with Crippen LogP contribution >= 0.6 is 0 Å². The average molecular weight is 368 g/mol. The normalized spacial score (nSPS) is 12.4. The summed E-state index contributed by atoms with van der Waals surface area (Å²) in [5.74, 6) is -0.410. The van der Waals surface area contributed by atoms with Crippen LogP contribution < -0.4 is 5.32 Å². The lowest BCUT2D eigenvalue weighted by Crippen LogP contribution is -2.31. The van der Waals surface area contributed by atoms with Crippen molar-refractivity contribution in [2.45, 2.75) is 46.8 Å². The second kappa shape index (κ2) is 7.26. The molecule has 0 saturated heterocycles. The molecule has 1 unspecified atom stereocenters. The summed E-state index contributed by atoms with van der Waals surface area (Å²) in [7, 11) is 0. The fourth-order valence-corrected chi connectivity index (χ4v) is 3.04. The van der Waals surface area contributed by atoms with Crippen LogP contribution in [0.3, 0.4) is 0 Å². The van der Waals surface area contributed by atoms with Gasteiger partial charge in [0.25, 0.3) is 5.91 Å². The van der Waals surface area contributed by atoms with Gasteiger partial charge in [-0.2, -0.15) is 5.10 Å². The summed E-state index contributed by atoms with van der Waals surface area (Å²) < 4.78 is 7.02. The number of rotatable bonds is 5. The van der Waals surface area contributed by atoms with E-state index in [0.717, 1.165) is 22.0 Å². The van der Waals surface area contributed by atoms with Crippen LogP contribution in [0.25, 0.3) is 10.9 Å². The third-order valence-electron chi connectivity index (χ3n) is 4.37. The zero-order valence-electron chi connectivity index (χ0n) is 16.2. The summed E-state index contributed by atoms with van der Waals surface area (Å²) in [4.78, 5) is 27.9. The van der Waals surface area contributed by atoms with Gasteiger partial charge in [-0.1, -0.05) is 6.07 Å². The molecule has 2 N–H and O–H groups in total. The van der Waals surface area contributed by atoms with Crippen molar-refractivity contribution >= 4 is 28.6 Å². The van der Waals surface area contributed by atoms with Crippen LogP contribution in [0, 0.1) is 13.8 Å². The van der Waals surface area contributed by atoms with Gasteiger partial charge in [-0.15, -0.1) is 0 Å². The van der Waals surface area contributed by atoms with Crippen LogP contribution in [0.15, 0.2) is 30.5 Å². The summed E-state index contributed by atoms with van der Waals surface area (Å²) >= 11 is 0. The summed E-state index contributed by atoms with van der Waals surface area (Å²) in [6.07, 6.45) is 0.670. The Morgan fingerprint density at radius 2 is 1.93 bits per heavy atom. The van der Waals surface area contributed by atoms with Crippen molar-refractivity contribution in [3.63, 3.8) is 0 Å². The van der Waals surface area contributed by atoms with E-state index in [-0.39, 0.29) is 6.04 Å². The number of hydrogen-bond acceptors (Lipinski definition) is 4. The first-order valence-electron chi connectivity index (χ1n) is 8.91. The Morgan fingerprint density at radius 3 is 2.63 bits per heavy atom. The standard InChI is InChI=1S/C20H24N4O3/c1-11(2)24-18(6-7-21-24)23-19(25)14(5)27-20(26)17-10-15-13(4)8-12(3)9-16(15)22-17/h6-11,14,22H,1-5H3,(H,23,25). The highest BCUT2D eigenvalue weighted by Crippen LogP contribution is 2.22. The first-order valence-corrected chi connectivity index (χ1v) is 8.91. The number of carbonyl (C=O) groups is 2. The second-order valence-corrected chi connectivity index (χ2v) is 7.02. The highest BCUT2D eigenvalue weighted by Gasteiger charge is 2.22. The monoisotopic (exact) mass is 368 g/mol. The molecule has 142 valence electrons. The lowest BCUT2D eigenvalue weighted by atomic mass is 10.1. The van der Waals surface area contributed by atoms with E-state index in [4.69, 9.17) is 4.74 Å². The number of hydrogen-bond donors (Lipinski definition) is 2. The third-order valence-corrected chi connectivity index (χ3v) is 4.37. The van der Waals surface area contributed by atoms with Gasteiger partial charge < -0.3 is 15.0 Å². The smallest absolute Gasteiger partial charge is 0.355 e. The predicted molar refractivity (Wildman–Crippen MR) is 104 cm³/mol. The van der Waals surface area contributed by atoms with Gasteiger partial charge in [0.2, 0.25) is 0 Å².